The van der Waals surface area contributed by atoms with Gasteiger partial charge in [0.1, 0.15) is 0 Å². The highest BCUT2D eigenvalue weighted by atomic mass is 35.5. The number of nitro benzene ring substituents is 1. The number of rotatable bonds is 6. The molecule has 2 atom stereocenters. The van der Waals surface area contributed by atoms with Crippen molar-refractivity contribution in [1.29, 1.82) is 0 Å². The minimum atomic E-state index is -0.478. The molecule has 0 spiro atoms. The summed E-state index contributed by atoms with van der Waals surface area (Å²) in [4.78, 5) is 34.8. The van der Waals surface area contributed by atoms with Gasteiger partial charge < -0.3 is 5.32 Å². The highest BCUT2D eigenvalue weighted by molar-refractivity contribution is 8.14. The number of halogens is 1. The van der Waals surface area contributed by atoms with Crippen LogP contribution >= 0.6 is 23.4 Å². The molecular formula is C19H17ClN2O4S. The van der Waals surface area contributed by atoms with Crippen molar-refractivity contribution in [3.63, 3.8) is 0 Å². The zero-order chi connectivity index (χ0) is 19.4. The van der Waals surface area contributed by atoms with Crippen molar-refractivity contribution < 1.29 is 14.5 Å². The highest BCUT2D eigenvalue weighted by Gasteiger charge is 2.39. The van der Waals surface area contributed by atoms with Crippen molar-refractivity contribution in [2.45, 2.75) is 18.1 Å². The predicted octanol–water partition coefficient (Wildman–Crippen LogP) is 3.93. The number of nitro groups is 1. The molecule has 2 unspecified atom stereocenters. The maximum atomic E-state index is 12.6. The zero-order valence-electron chi connectivity index (χ0n) is 14.3. The molecule has 1 fully saturated rings. The molecule has 3 rings (SSSR count). The average molecular weight is 405 g/mol. The van der Waals surface area contributed by atoms with Crippen molar-refractivity contribution in [2.75, 3.05) is 6.54 Å². The van der Waals surface area contributed by atoms with Gasteiger partial charge in [0.05, 0.1) is 10.8 Å². The summed E-state index contributed by atoms with van der Waals surface area (Å²) in [5.41, 5.74) is 1.79. The zero-order valence-corrected chi connectivity index (χ0v) is 15.8. The first kappa shape index (κ1) is 19.4. The van der Waals surface area contributed by atoms with Crippen LogP contribution in [0.1, 0.15) is 22.8 Å². The predicted molar refractivity (Wildman–Crippen MR) is 105 cm³/mol. The summed E-state index contributed by atoms with van der Waals surface area (Å²) in [6.07, 6.45) is 0.831. The second kappa shape index (κ2) is 8.54. The molecule has 2 aromatic rings. The molecule has 1 aliphatic heterocycles. The molecule has 1 heterocycles. The smallest absolute Gasteiger partial charge is 0.269 e. The van der Waals surface area contributed by atoms with E-state index in [0.29, 0.717) is 18.0 Å². The van der Waals surface area contributed by atoms with Gasteiger partial charge >= 0.3 is 0 Å². The van der Waals surface area contributed by atoms with Crippen LogP contribution in [0.15, 0.2) is 48.5 Å². The van der Waals surface area contributed by atoms with Gasteiger partial charge in [-0.2, -0.15) is 0 Å². The van der Waals surface area contributed by atoms with Gasteiger partial charge in [0.2, 0.25) is 5.91 Å². The molecule has 1 amide bonds. The largest absolute Gasteiger partial charge is 0.355 e. The Hall–Kier alpha value is -2.38. The lowest BCUT2D eigenvalue weighted by Crippen LogP contribution is -2.33. The van der Waals surface area contributed by atoms with E-state index >= 15 is 0 Å². The first-order chi connectivity index (χ1) is 12.9. The Labute approximate surface area is 165 Å². The number of nitrogens with one attached hydrogen (secondary N) is 1. The fourth-order valence-corrected chi connectivity index (χ4v) is 4.35. The molecule has 8 heteroatoms. The standard InChI is InChI=1S/C19H17ClN2O4S/c20-14-5-1-12(2-6-14)9-10-21-19(24)16-11-17(23)27-18(16)13-3-7-15(8-4-13)22(25)26/h1-8,16,18H,9-11H2,(H,21,24). The van der Waals surface area contributed by atoms with E-state index in [4.69, 9.17) is 11.6 Å². The summed E-state index contributed by atoms with van der Waals surface area (Å²) in [5, 5.41) is 14.0. The molecule has 0 bridgehead atoms. The van der Waals surface area contributed by atoms with Gasteiger partial charge in [-0.1, -0.05) is 47.6 Å². The fourth-order valence-electron chi connectivity index (χ4n) is 2.99. The number of nitrogens with zero attached hydrogens (tertiary/aromatic N) is 1. The summed E-state index contributed by atoms with van der Waals surface area (Å²) in [6.45, 7) is 0.461. The third-order valence-corrected chi connectivity index (χ3v) is 5.94. The van der Waals surface area contributed by atoms with Gasteiger partial charge in [-0.05, 0) is 29.7 Å². The van der Waals surface area contributed by atoms with Gasteiger partial charge in [0, 0.05) is 35.4 Å². The van der Waals surface area contributed by atoms with Crippen LogP contribution in [0, 0.1) is 16.0 Å². The van der Waals surface area contributed by atoms with E-state index in [1.165, 1.54) is 12.1 Å². The van der Waals surface area contributed by atoms with Crippen LogP contribution in [0.3, 0.4) is 0 Å². The Morgan fingerprint density at radius 1 is 1.19 bits per heavy atom. The summed E-state index contributed by atoms with van der Waals surface area (Å²) in [6, 6.07) is 13.4. The number of carbonyl (C=O) groups is 2. The minimum Gasteiger partial charge on any atom is -0.355 e. The maximum absolute atomic E-state index is 12.6. The maximum Gasteiger partial charge on any atom is 0.269 e. The molecule has 2 aromatic carbocycles. The second-order valence-electron chi connectivity index (χ2n) is 6.24. The average Bonchev–Trinajstić information content (AvgIpc) is 3.05. The highest BCUT2D eigenvalue weighted by Crippen LogP contribution is 2.45. The van der Waals surface area contributed by atoms with Crippen LogP contribution in [0.2, 0.25) is 5.02 Å². The Kier molecular flexibility index (Phi) is 6.13. The van der Waals surface area contributed by atoms with Gasteiger partial charge in [-0.25, -0.2) is 0 Å². The summed E-state index contributed by atoms with van der Waals surface area (Å²) in [5.74, 6) is -0.653. The van der Waals surface area contributed by atoms with E-state index in [1.54, 1.807) is 24.3 Å². The van der Waals surface area contributed by atoms with Crippen LogP contribution in [0.5, 0.6) is 0 Å². The molecule has 0 aliphatic carbocycles. The summed E-state index contributed by atoms with van der Waals surface area (Å²) < 4.78 is 0. The quantitative estimate of drug-likeness (QED) is 0.582. The van der Waals surface area contributed by atoms with Gasteiger partial charge in [-0.15, -0.1) is 0 Å². The van der Waals surface area contributed by atoms with E-state index < -0.39 is 10.8 Å². The van der Waals surface area contributed by atoms with E-state index in [2.05, 4.69) is 5.32 Å². The molecular weight excluding hydrogens is 388 g/mol. The lowest BCUT2D eigenvalue weighted by Gasteiger charge is -2.18. The molecule has 27 heavy (non-hydrogen) atoms. The van der Waals surface area contributed by atoms with Gasteiger partial charge in [0.25, 0.3) is 5.69 Å². The van der Waals surface area contributed by atoms with Crippen LogP contribution in [0.4, 0.5) is 5.69 Å². The van der Waals surface area contributed by atoms with E-state index in [1.807, 2.05) is 12.1 Å². The van der Waals surface area contributed by atoms with Crippen LogP contribution in [-0.4, -0.2) is 22.5 Å². The Morgan fingerprint density at radius 2 is 1.85 bits per heavy atom. The number of carbonyl (C=O) groups excluding carboxylic acids is 2. The minimum absolute atomic E-state index is 0.0166. The van der Waals surface area contributed by atoms with Crippen molar-refractivity contribution in [3.8, 4) is 0 Å². The number of benzene rings is 2. The van der Waals surface area contributed by atoms with Crippen molar-refractivity contribution in [1.82, 2.24) is 5.32 Å². The number of hydrogen-bond donors (Lipinski definition) is 1. The molecule has 0 saturated carbocycles. The van der Waals surface area contributed by atoms with E-state index in [9.17, 15) is 19.7 Å². The normalized spacial score (nSPS) is 19.1. The van der Waals surface area contributed by atoms with Crippen LogP contribution in [0.25, 0.3) is 0 Å². The molecule has 140 valence electrons. The number of thioether (sulfide) groups is 1. The fraction of sp³-hybridized carbons (Fsp3) is 0.263. The van der Waals surface area contributed by atoms with E-state index in [-0.39, 0.29) is 28.4 Å². The molecule has 6 nitrogen and oxygen atoms in total. The summed E-state index contributed by atoms with van der Waals surface area (Å²) >= 11 is 6.97. The number of non-ortho nitro benzene ring substituents is 1. The summed E-state index contributed by atoms with van der Waals surface area (Å²) in [7, 11) is 0. The topological polar surface area (TPSA) is 89.3 Å². The first-order valence-corrected chi connectivity index (χ1v) is 9.66. The third kappa shape index (κ3) is 4.87. The van der Waals surface area contributed by atoms with Crippen molar-refractivity contribution in [3.05, 3.63) is 74.8 Å². The van der Waals surface area contributed by atoms with E-state index in [0.717, 1.165) is 22.9 Å². The molecule has 0 aromatic heterocycles. The number of hydrogen-bond acceptors (Lipinski definition) is 5. The van der Waals surface area contributed by atoms with Crippen LogP contribution in [-0.2, 0) is 16.0 Å². The molecule has 1 saturated heterocycles. The Balaban J connectivity index is 1.62. The van der Waals surface area contributed by atoms with Crippen molar-refractivity contribution >= 4 is 40.1 Å². The van der Waals surface area contributed by atoms with Crippen LogP contribution < -0.4 is 5.32 Å². The van der Waals surface area contributed by atoms with Gasteiger partial charge in [0.15, 0.2) is 5.12 Å². The Morgan fingerprint density at radius 3 is 2.48 bits per heavy atom. The first-order valence-electron chi connectivity index (χ1n) is 8.40. The Bertz CT molecular complexity index is 855. The lowest BCUT2D eigenvalue weighted by atomic mass is 9.95. The second-order valence-corrected chi connectivity index (χ2v) is 7.87. The molecule has 1 aliphatic rings. The number of amides is 1. The lowest BCUT2D eigenvalue weighted by molar-refractivity contribution is -0.384. The van der Waals surface area contributed by atoms with Crippen molar-refractivity contribution in [2.24, 2.45) is 5.92 Å². The molecule has 1 N–H and O–H groups in total. The monoisotopic (exact) mass is 404 g/mol. The molecule has 0 radical (unpaired) electrons. The van der Waals surface area contributed by atoms with Gasteiger partial charge in [-0.3, -0.25) is 19.7 Å². The third-order valence-electron chi connectivity index (χ3n) is 4.41. The SMILES string of the molecule is O=C1CC(C(=O)NCCc2ccc(Cl)cc2)C(c2ccc([N+](=O)[O-])cc2)S1.